The number of carbonyl (C=O) groups excluding carboxylic acids is 1. The van der Waals surface area contributed by atoms with Gasteiger partial charge in [0.1, 0.15) is 5.75 Å². The third kappa shape index (κ3) is 6.66. The van der Waals surface area contributed by atoms with E-state index in [2.05, 4.69) is 15.6 Å². The van der Waals surface area contributed by atoms with Crippen LogP contribution in [0.1, 0.15) is 28.4 Å². The Morgan fingerprint density at radius 3 is 2.44 bits per heavy atom. The predicted molar refractivity (Wildman–Crippen MR) is 109 cm³/mol. The van der Waals surface area contributed by atoms with Crippen LogP contribution in [0, 0.1) is 0 Å². The molecule has 6 heteroatoms. The molecule has 0 atom stereocenters. The van der Waals surface area contributed by atoms with E-state index in [0.29, 0.717) is 18.7 Å². The SMILES string of the molecule is CCNC(=NCc1ccc(C(=O)N(C)C)cc1)NCCc1cccc(O)c1. The number of amides is 1. The standard InChI is InChI=1S/C21H28N4O2/c1-4-22-21(23-13-12-16-6-5-7-19(26)14-16)24-15-17-8-10-18(11-9-17)20(27)25(2)3/h5-11,14,26H,4,12-13,15H2,1-3H3,(H2,22,23,24). The highest BCUT2D eigenvalue weighted by Gasteiger charge is 2.07. The zero-order valence-electron chi connectivity index (χ0n) is 16.2. The lowest BCUT2D eigenvalue weighted by atomic mass is 10.1. The second-order valence-electron chi connectivity index (χ2n) is 6.44. The molecule has 0 saturated carbocycles. The number of nitrogens with zero attached hydrogens (tertiary/aromatic N) is 2. The smallest absolute Gasteiger partial charge is 0.253 e. The third-order valence-electron chi connectivity index (χ3n) is 3.99. The first kappa shape index (κ1) is 20.3. The van der Waals surface area contributed by atoms with Gasteiger partial charge in [0.25, 0.3) is 5.91 Å². The lowest BCUT2D eigenvalue weighted by Crippen LogP contribution is -2.38. The molecule has 2 aromatic carbocycles. The Hall–Kier alpha value is -3.02. The molecular weight excluding hydrogens is 340 g/mol. The molecule has 0 saturated heterocycles. The fraction of sp³-hybridized carbons (Fsp3) is 0.333. The number of benzene rings is 2. The van der Waals surface area contributed by atoms with E-state index >= 15 is 0 Å². The minimum Gasteiger partial charge on any atom is -0.508 e. The van der Waals surface area contributed by atoms with Crippen molar-refractivity contribution in [2.45, 2.75) is 19.9 Å². The van der Waals surface area contributed by atoms with Crippen molar-refractivity contribution in [1.29, 1.82) is 0 Å². The van der Waals surface area contributed by atoms with Crippen molar-refractivity contribution in [1.82, 2.24) is 15.5 Å². The lowest BCUT2D eigenvalue weighted by Gasteiger charge is -2.12. The van der Waals surface area contributed by atoms with Gasteiger partial charge in [-0.05, 0) is 48.7 Å². The van der Waals surface area contributed by atoms with Gasteiger partial charge in [-0.15, -0.1) is 0 Å². The summed E-state index contributed by atoms with van der Waals surface area (Å²) in [5.41, 5.74) is 2.78. The van der Waals surface area contributed by atoms with E-state index in [-0.39, 0.29) is 11.7 Å². The summed E-state index contributed by atoms with van der Waals surface area (Å²) in [5.74, 6) is 1.02. The Morgan fingerprint density at radius 2 is 1.81 bits per heavy atom. The number of aromatic hydroxyl groups is 1. The molecular formula is C21H28N4O2. The van der Waals surface area contributed by atoms with E-state index in [1.165, 1.54) is 0 Å². The van der Waals surface area contributed by atoms with Crippen LogP contribution in [0.5, 0.6) is 5.75 Å². The first-order valence-electron chi connectivity index (χ1n) is 9.10. The predicted octanol–water partition coefficient (Wildman–Crippen LogP) is 2.39. The number of carbonyl (C=O) groups is 1. The molecule has 0 unspecified atom stereocenters. The van der Waals surface area contributed by atoms with Crippen LogP contribution in [0.25, 0.3) is 0 Å². The second-order valence-corrected chi connectivity index (χ2v) is 6.44. The fourth-order valence-corrected chi connectivity index (χ4v) is 2.56. The molecule has 1 amide bonds. The minimum absolute atomic E-state index is 0.00740. The molecule has 0 radical (unpaired) electrons. The molecule has 0 fully saturated rings. The van der Waals surface area contributed by atoms with Gasteiger partial charge in [0.15, 0.2) is 5.96 Å². The summed E-state index contributed by atoms with van der Waals surface area (Å²) in [7, 11) is 3.48. The van der Waals surface area contributed by atoms with Crippen molar-refractivity contribution in [2.24, 2.45) is 4.99 Å². The van der Waals surface area contributed by atoms with Crippen LogP contribution < -0.4 is 10.6 Å². The molecule has 2 aromatic rings. The average molecular weight is 368 g/mol. The molecule has 27 heavy (non-hydrogen) atoms. The summed E-state index contributed by atoms with van der Waals surface area (Å²) in [6, 6.07) is 14.8. The highest BCUT2D eigenvalue weighted by Crippen LogP contribution is 2.11. The van der Waals surface area contributed by atoms with Crippen LogP contribution in [0.4, 0.5) is 0 Å². The Morgan fingerprint density at radius 1 is 1.07 bits per heavy atom. The van der Waals surface area contributed by atoms with Crippen LogP contribution in [-0.2, 0) is 13.0 Å². The van der Waals surface area contributed by atoms with Crippen molar-refractivity contribution in [2.75, 3.05) is 27.2 Å². The Balaban J connectivity index is 1.91. The topological polar surface area (TPSA) is 77.0 Å². The van der Waals surface area contributed by atoms with Gasteiger partial charge < -0.3 is 20.6 Å². The van der Waals surface area contributed by atoms with Gasteiger partial charge in [0.2, 0.25) is 0 Å². The zero-order chi connectivity index (χ0) is 19.6. The molecule has 0 aliphatic heterocycles. The first-order chi connectivity index (χ1) is 13.0. The highest BCUT2D eigenvalue weighted by atomic mass is 16.3. The summed E-state index contributed by atoms with van der Waals surface area (Å²) in [5, 5.41) is 16.0. The van der Waals surface area contributed by atoms with Crippen LogP contribution in [0.2, 0.25) is 0 Å². The number of phenolic OH excluding ortho intramolecular Hbond substituents is 1. The summed E-state index contributed by atoms with van der Waals surface area (Å²) in [4.78, 5) is 18.1. The Labute approximate surface area is 160 Å². The van der Waals surface area contributed by atoms with Gasteiger partial charge in [-0.2, -0.15) is 0 Å². The van der Waals surface area contributed by atoms with Crippen LogP contribution in [0.3, 0.4) is 0 Å². The molecule has 0 aromatic heterocycles. The average Bonchev–Trinajstić information content (AvgIpc) is 2.66. The van der Waals surface area contributed by atoms with Crippen molar-refractivity contribution in [3.05, 3.63) is 65.2 Å². The summed E-state index contributed by atoms with van der Waals surface area (Å²) >= 11 is 0. The van der Waals surface area contributed by atoms with Gasteiger partial charge in [-0.3, -0.25) is 4.79 Å². The zero-order valence-corrected chi connectivity index (χ0v) is 16.2. The van der Waals surface area contributed by atoms with E-state index in [9.17, 15) is 9.90 Å². The van der Waals surface area contributed by atoms with E-state index < -0.39 is 0 Å². The molecule has 0 heterocycles. The Bertz CT molecular complexity index is 770. The van der Waals surface area contributed by atoms with Gasteiger partial charge in [-0.25, -0.2) is 4.99 Å². The number of hydrogen-bond acceptors (Lipinski definition) is 3. The normalized spacial score (nSPS) is 11.1. The Kier molecular flexibility index (Phi) is 7.67. The second kappa shape index (κ2) is 10.2. The van der Waals surface area contributed by atoms with E-state index in [1.54, 1.807) is 31.1 Å². The highest BCUT2D eigenvalue weighted by molar-refractivity contribution is 5.93. The monoisotopic (exact) mass is 368 g/mol. The van der Waals surface area contributed by atoms with Gasteiger partial charge in [0.05, 0.1) is 6.54 Å². The van der Waals surface area contributed by atoms with Gasteiger partial charge in [-0.1, -0.05) is 24.3 Å². The molecule has 0 aliphatic rings. The van der Waals surface area contributed by atoms with Crippen molar-refractivity contribution >= 4 is 11.9 Å². The summed E-state index contributed by atoms with van der Waals surface area (Å²) < 4.78 is 0. The number of nitrogens with one attached hydrogen (secondary N) is 2. The fourth-order valence-electron chi connectivity index (χ4n) is 2.56. The quantitative estimate of drug-likeness (QED) is 0.518. The van der Waals surface area contributed by atoms with Crippen LogP contribution in [0.15, 0.2) is 53.5 Å². The van der Waals surface area contributed by atoms with E-state index in [1.807, 2.05) is 43.3 Å². The van der Waals surface area contributed by atoms with Crippen molar-refractivity contribution < 1.29 is 9.90 Å². The van der Waals surface area contributed by atoms with E-state index in [0.717, 1.165) is 30.1 Å². The molecule has 0 spiro atoms. The maximum absolute atomic E-state index is 11.9. The van der Waals surface area contributed by atoms with Gasteiger partial charge in [0, 0.05) is 32.7 Å². The van der Waals surface area contributed by atoms with E-state index in [4.69, 9.17) is 0 Å². The van der Waals surface area contributed by atoms with Crippen molar-refractivity contribution in [3.63, 3.8) is 0 Å². The molecule has 6 nitrogen and oxygen atoms in total. The van der Waals surface area contributed by atoms with Crippen LogP contribution in [-0.4, -0.2) is 49.1 Å². The van der Waals surface area contributed by atoms with Crippen LogP contribution >= 0.6 is 0 Å². The molecule has 3 N–H and O–H groups in total. The summed E-state index contributed by atoms with van der Waals surface area (Å²) in [6.45, 7) is 4.03. The maximum Gasteiger partial charge on any atom is 0.253 e. The molecule has 0 aliphatic carbocycles. The number of hydrogen-bond donors (Lipinski definition) is 3. The maximum atomic E-state index is 11.9. The summed E-state index contributed by atoms with van der Waals surface area (Å²) in [6.07, 6.45) is 0.792. The van der Waals surface area contributed by atoms with Gasteiger partial charge >= 0.3 is 0 Å². The lowest BCUT2D eigenvalue weighted by molar-refractivity contribution is 0.0827. The number of rotatable bonds is 7. The molecule has 0 bridgehead atoms. The number of guanidine groups is 1. The minimum atomic E-state index is -0.00740. The number of aliphatic imine (C=N–C) groups is 1. The first-order valence-corrected chi connectivity index (χ1v) is 9.10. The van der Waals surface area contributed by atoms with Crippen molar-refractivity contribution in [3.8, 4) is 5.75 Å². The number of phenols is 1. The third-order valence-corrected chi connectivity index (χ3v) is 3.99. The molecule has 2 rings (SSSR count). The molecule has 144 valence electrons. The largest absolute Gasteiger partial charge is 0.508 e.